The summed E-state index contributed by atoms with van der Waals surface area (Å²) in [6.07, 6.45) is 0.738. The Morgan fingerprint density at radius 1 is 1.05 bits per heavy atom. The van der Waals surface area contributed by atoms with E-state index in [9.17, 15) is 14.4 Å². The average Bonchev–Trinajstić information content (AvgIpc) is 2.35. The molecule has 1 atom stereocenters. The first kappa shape index (κ1) is 17.8. The van der Waals surface area contributed by atoms with Gasteiger partial charge in [0.15, 0.2) is 0 Å². The highest BCUT2D eigenvalue weighted by Crippen LogP contribution is 2.08. The van der Waals surface area contributed by atoms with Crippen LogP contribution in [-0.4, -0.2) is 71.4 Å². The molecule has 0 aromatic rings. The van der Waals surface area contributed by atoms with E-state index in [0.717, 1.165) is 0 Å². The summed E-state index contributed by atoms with van der Waals surface area (Å²) < 4.78 is 0. The number of nitrogens with zero attached hydrogens (tertiary/aromatic N) is 2. The number of likely N-dealkylation sites (N-methyl/N-ethyl adjacent to an activating group) is 1. The minimum absolute atomic E-state index is 0.0652. The number of amides is 2. The SMILES string of the molecule is C[C@@H](C(=O)O)N(C)C(=O)CCSCCC(=O)N(C)C. The van der Waals surface area contributed by atoms with Crippen molar-refractivity contribution in [2.75, 3.05) is 32.6 Å². The highest BCUT2D eigenvalue weighted by atomic mass is 32.2. The Bertz CT molecular complexity index is 334. The number of thioether (sulfide) groups is 1. The Morgan fingerprint density at radius 2 is 1.53 bits per heavy atom. The summed E-state index contributed by atoms with van der Waals surface area (Å²) in [6, 6.07) is -0.812. The summed E-state index contributed by atoms with van der Waals surface area (Å²) in [5.74, 6) is 0.121. The van der Waals surface area contributed by atoms with E-state index in [-0.39, 0.29) is 18.2 Å². The summed E-state index contributed by atoms with van der Waals surface area (Å²) in [4.78, 5) is 36.4. The molecule has 0 spiro atoms. The zero-order valence-corrected chi connectivity index (χ0v) is 12.7. The molecule has 0 fully saturated rings. The van der Waals surface area contributed by atoms with Gasteiger partial charge in [-0.3, -0.25) is 9.59 Å². The Balaban J connectivity index is 3.81. The number of hydrogen-bond donors (Lipinski definition) is 1. The third kappa shape index (κ3) is 7.05. The monoisotopic (exact) mass is 290 g/mol. The summed E-state index contributed by atoms with van der Waals surface area (Å²) in [5.41, 5.74) is 0. The van der Waals surface area contributed by atoms with Crippen molar-refractivity contribution in [1.29, 1.82) is 0 Å². The molecule has 0 aliphatic carbocycles. The fourth-order valence-corrected chi connectivity index (χ4v) is 2.04. The molecule has 0 bridgehead atoms. The van der Waals surface area contributed by atoms with Crippen molar-refractivity contribution in [1.82, 2.24) is 9.80 Å². The molecule has 0 aliphatic heterocycles. The molecule has 6 nitrogen and oxygen atoms in total. The predicted octanol–water partition coefficient (Wildman–Crippen LogP) is 0.520. The van der Waals surface area contributed by atoms with E-state index in [1.165, 1.54) is 35.5 Å². The molecule has 0 heterocycles. The van der Waals surface area contributed by atoms with Crippen molar-refractivity contribution < 1.29 is 19.5 Å². The van der Waals surface area contributed by atoms with E-state index in [2.05, 4.69) is 0 Å². The lowest BCUT2D eigenvalue weighted by molar-refractivity contribution is -0.148. The van der Waals surface area contributed by atoms with Gasteiger partial charge < -0.3 is 14.9 Å². The first-order valence-electron chi connectivity index (χ1n) is 6.03. The van der Waals surface area contributed by atoms with Crippen LogP contribution in [0.15, 0.2) is 0 Å². The highest BCUT2D eigenvalue weighted by molar-refractivity contribution is 7.99. The maximum atomic E-state index is 11.7. The van der Waals surface area contributed by atoms with Crippen molar-refractivity contribution in [3.63, 3.8) is 0 Å². The molecule has 0 radical (unpaired) electrons. The second-order valence-corrected chi connectivity index (χ2v) is 5.64. The molecular weight excluding hydrogens is 268 g/mol. The Labute approximate surface area is 118 Å². The molecule has 7 heteroatoms. The van der Waals surface area contributed by atoms with Crippen LogP contribution in [0.25, 0.3) is 0 Å². The molecule has 110 valence electrons. The van der Waals surface area contributed by atoms with Crippen LogP contribution < -0.4 is 0 Å². The molecule has 0 aromatic carbocycles. The van der Waals surface area contributed by atoms with Crippen LogP contribution in [0.5, 0.6) is 0 Å². The van der Waals surface area contributed by atoms with Gasteiger partial charge >= 0.3 is 5.97 Å². The first-order valence-corrected chi connectivity index (χ1v) is 7.19. The van der Waals surface area contributed by atoms with Gasteiger partial charge in [0.25, 0.3) is 0 Å². The van der Waals surface area contributed by atoms with E-state index in [1.807, 2.05) is 0 Å². The van der Waals surface area contributed by atoms with Gasteiger partial charge in [-0.2, -0.15) is 11.8 Å². The molecule has 0 unspecified atom stereocenters. The Kier molecular flexibility index (Phi) is 8.22. The molecule has 0 aromatic heterocycles. The summed E-state index contributed by atoms with van der Waals surface area (Å²) in [6.45, 7) is 1.48. The van der Waals surface area contributed by atoms with Crippen LogP contribution in [0.1, 0.15) is 19.8 Å². The lowest BCUT2D eigenvalue weighted by atomic mass is 10.3. The molecular formula is C12H22N2O4S. The number of carboxylic acid groups (broad SMARTS) is 1. The molecule has 0 aliphatic rings. The number of carboxylic acids is 1. The number of carbonyl (C=O) groups excluding carboxylic acids is 2. The van der Waals surface area contributed by atoms with Crippen LogP contribution in [0.4, 0.5) is 0 Å². The molecule has 19 heavy (non-hydrogen) atoms. The number of carbonyl (C=O) groups is 3. The van der Waals surface area contributed by atoms with Crippen LogP contribution in [0.3, 0.4) is 0 Å². The van der Waals surface area contributed by atoms with Gasteiger partial charge in [0.05, 0.1) is 0 Å². The van der Waals surface area contributed by atoms with Crippen molar-refractivity contribution in [3.8, 4) is 0 Å². The zero-order chi connectivity index (χ0) is 15.0. The third-order valence-electron chi connectivity index (χ3n) is 2.75. The molecule has 0 saturated carbocycles. The second kappa shape index (κ2) is 8.79. The molecule has 2 amide bonds. The standard InChI is InChI=1S/C12H22N2O4S/c1-9(12(17)18)14(4)11(16)6-8-19-7-5-10(15)13(2)3/h9H,5-8H2,1-4H3,(H,17,18)/t9-/m0/s1. The van der Waals surface area contributed by atoms with Crippen LogP contribution in [0, 0.1) is 0 Å². The van der Waals surface area contributed by atoms with Crippen molar-refractivity contribution in [3.05, 3.63) is 0 Å². The minimum atomic E-state index is -1.01. The van der Waals surface area contributed by atoms with Crippen LogP contribution >= 0.6 is 11.8 Å². The van der Waals surface area contributed by atoms with Gasteiger partial charge in [-0.05, 0) is 6.92 Å². The minimum Gasteiger partial charge on any atom is -0.480 e. The van der Waals surface area contributed by atoms with Crippen LogP contribution in [0.2, 0.25) is 0 Å². The second-order valence-electron chi connectivity index (χ2n) is 4.42. The zero-order valence-electron chi connectivity index (χ0n) is 11.9. The maximum Gasteiger partial charge on any atom is 0.326 e. The number of hydrogen-bond acceptors (Lipinski definition) is 4. The average molecular weight is 290 g/mol. The molecule has 0 rings (SSSR count). The van der Waals surface area contributed by atoms with E-state index in [1.54, 1.807) is 14.1 Å². The van der Waals surface area contributed by atoms with Gasteiger partial charge in [0, 0.05) is 45.5 Å². The highest BCUT2D eigenvalue weighted by Gasteiger charge is 2.20. The molecule has 0 saturated heterocycles. The van der Waals surface area contributed by atoms with Crippen molar-refractivity contribution >= 4 is 29.5 Å². The third-order valence-corrected chi connectivity index (χ3v) is 3.74. The predicted molar refractivity (Wildman–Crippen MR) is 75.1 cm³/mol. The summed E-state index contributed by atoms with van der Waals surface area (Å²) in [5, 5.41) is 8.78. The fourth-order valence-electron chi connectivity index (χ4n) is 1.20. The van der Waals surface area contributed by atoms with E-state index >= 15 is 0 Å². The Morgan fingerprint density at radius 3 is 1.95 bits per heavy atom. The topological polar surface area (TPSA) is 77.9 Å². The first-order chi connectivity index (χ1) is 8.77. The fraction of sp³-hybridized carbons (Fsp3) is 0.750. The molecule has 1 N–H and O–H groups in total. The smallest absolute Gasteiger partial charge is 0.326 e. The lowest BCUT2D eigenvalue weighted by Gasteiger charge is -2.21. The van der Waals surface area contributed by atoms with Gasteiger partial charge in [-0.25, -0.2) is 4.79 Å². The summed E-state index contributed by atoms with van der Waals surface area (Å²) >= 11 is 1.52. The largest absolute Gasteiger partial charge is 0.480 e. The van der Waals surface area contributed by atoms with Crippen molar-refractivity contribution in [2.45, 2.75) is 25.8 Å². The van der Waals surface area contributed by atoms with E-state index < -0.39 is 12.0 Å². The number of aliphatic carboxylic acids is 1. The van der Waals surface area contributed by atoms with Gasteiger partial charge in [-0.1, -0.05) is 0 Å². The van der Waals surface area contributed by atoms with Crippen LogP contribution in [-0.2, 0) is 14.4 Å². The quantitative estimate of drug-likeness (QED) is 0.659. The van der Waals surface area contributed by atoms with Gasteiger partial charge in [0.2, 0.25) is 11.8 Å². The van der Waals surface area contributed by atoms with E-state index in [4.69, 9.17) is 5.11 Å². The summed E-state index contributed by atoms with van der Waals surface area (Å²) in [7, 11) is 4.90. The van der Waals surface area contributed by atoms with Crippen molar-refractivity contribution in [2.24, 2.45) is 0 Å². The van der Waals surface area contributed by atoms with E-state index in [0.29, 0.717) is 17.9 Å². The maximum absolute atomic E-state index is 11.7. The van der Waals surface area contributed by atoms with Gasteiger partial charge in [-0.15, -0.1) is 0 Å². The Hall–Kier alpha value is -1.24. The number of rotatable bonds is 8. The normalized spacial score (nSPS) is 11.8. The lowest BCUT2D eigenvalue weighted by Crippen LogP contribution is -2.40. The van der Waals surface area contributed by atoms with Gasteiger partial charge in [0.1, 0.15) is 6.04 Å².